The zero-order chi connectivity index (χ0) is 14.7. The van der Waals surface area contributed by atoms with Gasteiger partial charge in [0.05, 0.1) is 5.76 Å². The van der Waals surface area contributed by atoms with E-state index in [1.54, 1.807) is 9.80 Å². The molecule has 0 saturated carbocycles. The number of allylic oxidation sites excluding steroid dienone is 1. The molecule has 6 nitrogen and oxygen atoms in total. The lowest BCUT2D eigenvalue weighted by atomic mass is 10.1. The number of nitrogens with zero attached hydrogens (tertiary/aromatic N) is 2. The molecule has 1 saturated heterocycles. The Morgan fingerprint density at radius 3 is 2.35 bits per heavy atom. The maximum absolute atomic E-state index is 12.4. The minimum atomic E-state index is -0.470. The van der Waals surface area contributed by atoms with Crippen LogP contribution in [0.4, 0.5) is 0 Å². The smallest absolute Gasteiger partial charge is 0.264 e. The molecule has 0 aromatic rings. The number of aliphatic hydroxyl groups excluding tert-OH is 1. The van der Waals surface area contributed by atoms with Crippen LogP contribution in [0.15, 0.2) is 11.3 Å². The molecule has 0 radical (unpaired) electrons. The third-order valence-electron chi connectivity index (χ3n) is 3.93. The van der Waals surface area contributed by atoms with Crippen molar-refractivity contribution in [2.24, 2.45) is 0 Å². The molecule has 2 rings (SSSR count). The zero-order valence-electron chi connectivity index (χ0n) is 12.1. The summed E-state index contributed by atoms with van der Waals surface area (Å²) in [5, 5.41) is 8.82. The molecule has 20 heavy (non-hydrogen) atoms. The Kier molecular flexibility index (Phi) is 4.65. The standard InChI is InChI=1S/C14H22N2O4/c1-3-11-10(2)8-12(20-11)14(19)16-6-4-15(5-7-16)13(18)9-17/h12,17H,3-9H2,1-2H3. The molecular weight excluding hydrogens is 260 g/mol. The lowest BCUT2D eigenvalue weighted by molar-refractivity contribution is -0.146. The van der Waals surface area contributed by atoms with E-state index in [-0.39, 0.29) is 11.8 Å². The van der Waals surface area contributed by atoms with E-state index in [0.717, 1.165) is 17.8 Å². The van der Waals surface area contributed by atoms with Crippen LogP contribution < -0.4 is 0 Å². The average molecular weight is 282 g/mol. The van der Waals surface area contributed by atoms with Gasteiger partial charge in [-0.3, -0.25) is 9.59 Å². The van der Waals surface area contributed by atoms with Gasteiger partial charge in [0.2, 0.25) is 5.91 Å². The molecule has 0 aromatic carbocycles. The Labute approximate surface area is 119 Å². The molecule has 1 fully saturated rings. The first-order valence-corrected chi connectivity index (χ1v) is 7.09. The van der Waals surface area contributed by atoms with Crippen molar-refractivity contribution in [3.05, 3.63) is 11.3 Å². The van der Waals surface area contributed by atoms with Crippen LogP contribution in [0.2, 0.25) is 0 Å². The van der Waals surface area contributed by atoms with Crippen LogP contribution in [0.1, 0.15) is 26.7 Å². The Morgan fingerprint density at radius 1 is 1.25 bits per heavy atom. The molecule has 0 spiro atoms. The zero-order valence-corrected chi connectivity index (χ0v) is 12.1. The minimum absolute atomic E-state index is 0.00361. The summed E-state index contributed by atoms with van der Waals surface area (Å²) in [4.78, 5) is 27.1. The number of amides is 2. The highest BCUT2D eigenvalue weighted by molar-refractivity contribution is 5.82. The Hall–Kier alpha value is -1.56. The summed E-state index contributed by atoms with van der Waals surface area (Å²) >= 11 is 0. The number of piperazine rings is 1. The second kappa shape index (κ2) is 6.26. The second-order valence-corrected chi connectivity index (χ2v) is 5.23. The lowest BCUT2D eigenvalue weighted by Gasteiger charge is -2.35. The minimum Gasteiger partial charge on any atom is -0.485 e. The molecule has 112 valence electrons. The van der Waals surface area contributed by atoms with E-state index in [1.165, 1.54) is 0 Å². The molecule has 1 unspecified atom stereocenters. The van der Waals surface area contributed by atoms with Gasteiger partial charge in [-0.2, -0.15) is 0 Å². The van der Waals surface area contributed by atoms with Gasteiger partial charge < -0.3 is 19.6 Å². The predicted octanol–water partition coefficient (Wildman–Crippen LogP) is 0.122. The van der Waals surface area contributed by atoms with Crippen LogP contribution in [0.5, 0.6) is 0 Å². The van der Waals surface area contributed by atoms with Crippen LogP contribution in [0, 0.1) is 0 Å². The fourth-order valence-electron chi connectivity index (χ4n) is 2.71. The molecule has 2 heterocycles. The van der Waals surface area contributed by atoms with Crippen molar-refractivity contribution < 1.29 is 19.4 Å². The monoisotopic (exact) mass is 282 g/mol. The molecule has 2 aliphatic heterocycles. The molecule has 0 aliphatic carbocycles. The molecule has 0 aromatic heterocycles. The maximum Gasteiger partial charge on any atom is 0.264 e. The van der Waals surface area contributed by atoms with Crippen molar-refractivity contribution >= 4 is 11.8 Å². The highest BCUT2D eigenvalue weighted by Gasteiger charge is 2.33. The average Bonchev–Trinajstić information content (AvgIpc) is 2.87. The Balaban J connectivity index is 1.86. The lowest BCUT2D eigenvalue weighted by Crippen LogP contribution is -2.53. The maximum atomic E-state index is 12.4. The normalized spacial score (nSPS) is 23.1. The largest absolute Gasteiger partial charge is 0.485 e. The van der Waals surface area contributed by atoms with Crippen molar-refractivity contribution in [3.63, 3.8) is 0 Å². The molecule has 2 amide bonds. The molecule has 2 aliphatic rings. The molecule has 1 atom stereocenters. The van der Waals surface area contributed by atoms with Crippen LogP contribution in [-0.2, 0) is 14.3 Å². The van der Waals surface area contributed by atoms with E-state index >= 15 is 0 Å². The van der Waals surface area contributed by atoms with Gasteiger partial charge in [-0.1, -0.05) is 6.92 Å². The predicted molar refractivity (Wildman–Crippen MR) is 72.7 cm³/mol. The number of carbonyl (C=O) groups is 2. The topological polar surface area (TPSA) is 70.1 Å². The first-order chi connectivity index (χ1) is 9.56. The summed E-state index contributed by atoms with van der Waals surface area (Å²) in [6, 6.07) is 0. The van der Waals surface area contributed by atoms with E-state index in [4.69, 9.17) is 9.84 Å². The first kappa shape index (κ1) is 14.8. The summed E-state index contributed by atoms with van der Waals surface area (Å²) in [6.45, 7) is 5.52. The van der Waals surface area contributed by atoms with Crippen molar-refractivity contribution in [1.29, 1.82) is 0 Å². The van der Waals surface area contributed by atoms with Gasteiger partial charge in [0.15, 0.2) is 6.10 Å². The third kappa shape index (κ3) is 2.95. The number of ether oxygens (including phenoxy) is 1. The van der Waals surface area contributed by atoms with Crippen LogP contribution in [0.3, 0.4) is 0 Å². The summed E-state index contributed by atoms with van der Waals surface area (Å²) in [6.07, 6.45) is 1.08. The van der Waals surface area contributed by atoms with E-state index < -0.39 is 12.7 Å². The summed E-state index contributed by atoms with van der Waals surface area (Å²) in [7, 11) is 0. The Morgan fingerprint density at radius 2 is 1.85 bits per heavy atom. The summed E-state index contributed by atoms with van der Waals surface area (Å²) in [5.41, 5.74) is 1.15. The SMILES string of the molecule is CCC1=C(C)CC(C(=O)N2CCN(C(=O)CO)CC2)O1. The number of carbonyl (C=O) groups excluding carboxylic acids is 2. The molecule has 1 N–H and O–H groups in total. The van der Waals surface area contributed by atoms with E-state index in [2.05, 4.69) is 0 Å². The van der Waals surface area contributed by atoms with Gasteiger partial charge in [0.1, 0.15) is 6.61 Å². The molecular formula is C14H22N2O4. The molecule has 6 heteroatoms. The number of hydrogen-bond donors (Lipinski definition) is 1. The number of hydrogen-bond acceptors (Lipinski definition) is 4. The number of rotatable bonds is 3. The van der Waals surface area contributed by atoms with Crippen molar-refractivity contribution in [1.82, 2.24) is 9.80 Å². The van der Waals surface area contributed by atoms with Gasteiger partial charge in [-0.15, -0.1) is 0 Å². The fourth-order valence-corrected chi connectivity index (χ4v) is 2.71. The van der Waals surface area contributed by atoms with Crippen LogP contribution in [-0.4, -0.2) is 65.6 Å². The fraction of sp³-hybridized carbons (Fsp3) is 0.714. The first-order valence-electron chi connectivity index (χ1n) is 7.09. The van der Waals surface area contributed by atoms with E-state index in [0.29, 0.717) is 32.6 Å². The highest BCUT2D eigenvalue weighted by atomic mass is 16.5. The van der Waals surface area contributed by atoms with Gasteiger partial charge in [-0.05, 0) is 12.5 Å². The quantitative estimate of drug-likeness (QED) is 0.798. The summed E-state index contributed by atoms with van der Waals surface area (Å²) in [5.74, 6) is 0.654. The van der Waals surface area contributed by atoms with Crippen molar-refractivity contribution in [2.75, 3.05) is 32.8 Å². The van der Waals surface area contributed by atoms with E-state index in [1.807, 2.05) is 13.8 Å². The highest BCUT2D eigenvalue weighted by Crippen LogP contribution is 2.28. The Bertz CT molecular complexity index is 425. The molecule has 0 bridgehead atoms. The third-order valence-corrected chi connectivity index (χ3v) is 3.93. The van der Waals surface area contributed by atoms with Crippen molar-refractivity contribution in [2.45, 2.75) is 32.8 Å². The second-order valence-electron chi connectivity index (χ2n) is 5.23. The van der Waals surface area contributed by atoms with Gasteiger partial charge in [0.25, 0.3) is 5.91 Å². The van der Waals surface area contributed by atoms with Crippen LogP contribution >= 0.6 is 0 Å². The van der Waals surface area contributed by atoms with Gasteiger partial charge in [0, 0.05) is 39.0 Å². The van der Waals surface area contributed by atoms with Gasteiger partial charge >= 0.3 is 0 Å². The van der Waals surface area contributed by atoms with Crippen LogP contribution in [0.25, 0.3) is 0 Å². The van der Waals surface area contributed by atoms with Gasteiger partial charge in [-0.25, -0.2) is 0 Å². The van der Waals surface area contributed by atoms with Crippen molar-refractivity contribution in [3.8, 4) is 0 Å². The van der Waals surface area contributed by atoms with E-state index in [9.17, 15) is 9.59 Å². The number of aliphatic hydroxyl groups is 1. The summed E-state index contributed by atoms with van der Waals surface area (Å²) < 4.78 is 5.70.